The second-order valence-corrected chi connectivity index (χ2v) is 7.27. The van der Waals surface area contributed by atoms with Crippen LogP contribution in [0.15, 0.2) is 48.5 Å². The molecule has 26 heavy (non-hydrogen) atoms. The largest absolute Gasteiger partial charge is 0.486 e. The molecule has 2 aliphatic heterocycles. The van der Waals surface area contributed by atoms with E-state index in [1.807, 2.05) is 61.2 Å². The van der Waals surface area contributed by atoms with Crippen LogP contribution in [0.2, 0.25) is 0 Å². The zero-order chi connectivity index (χ0) is 18.1. The van der Waals surface area contributed by atoms with E-state index in [1.165, 1.54) is 0 Å². The van der Waals surface area contributed by atoms with Crippen LogP contribution in [0.3, 0.4) is 0 Å². The minimum Gasteiger partial charge on any atom is -0.486 e. The molecule has 4 rings (SSSR count). The molecule has 2 aromatic rings. The molecule has 0 aliphatic carbocycles. The van der Waals surface area contributed by atoms with Gasteiger partial charge in [0.15, 0.2) is 11.5 Å². The van der Waals surface area contributed by atoms with Crippen LogP contribution < -0.4 is 9.47 Å². The van der Waals surface area contributed by atoms with E-state index >= 15 is 0 Å². The molecule has 0 aromatic heterocycles. The third-order valence-corrected chi connectivity index (χ3v) is 4.93. The number of hydrogen-bond donors (Lipinski definition) is 0. The van der Waals surface area contributed by atoms with Gasteiger partial charge in [-0.3, -0.25) is 4.79 Å². The summed E-state index contributed by atoms with van der Waals surface area (Å²) in [5.41, 5.74) is 1.22. The summed E-state index contributed by atoms with van der Waals surface area (Å²) in [6.45, 7) is 5.99. The molecule has 2 aliphatic rings. The highest BCUT2D eigenvalue weighted by Crippen LogP contribution is 2.37. The molecule has 1 fully saturated rings. The molecule has 1 unspecified atom stereocenters. The normalized spacial score (nSPS) is 21.3. The molecule has 136 valence electrons. The highest BCUT2D eigenvalue weighted by atomic mass is 16.6. The van der Waals surface area contributed by atoms with Crippen LogP contribution >= 0.6 is 0 Å². The second kappa shape index (κ2) is 6.65. The molecule has 0 radical (unpaired) electrons. The summed E-state index contributed by atoms with van der Waals surface area (Å²) in [6.07, 6.45) is -0.134. The van der Waals surface area contributed by atoms with Gasteiger partial charge in [-0.2, -0.15) is 0 Å². The van der Waals surface area contributed by atoms with E-state index in [1.54, 1.807) is 6.07 Å². The van der Waals surface area contributed by atoms with E-state index in [4.69, 9.17) is 14.2 Å². The zero-order valence-electron chi connectivity index (χ0n) is 15.1. The van der Waals surface area contributed by atoms with Crippen molar-refractivity contribution >= 4 is 5.91 Å². The molecule has 0 bridgehead atoms. The molecule has 1 saturated heterocycles. The summed E-state index contributed by atoms with van der Waals surface area (Å²) in [6, 6.07) is 15.5. The van der Waals surface area contributed by atoms with Crippen LogP contribution in [0, 0.1) is 0 Å². The zero-order valence-corrected chi connectivity index (χ0v) is 15.1. The van der Waals surface area contributed by atoms with E-state index in [0.717, 1.165) is 5.56 Å². The maximum absolute atomic E-state index is 13.4. The topological polar surface area (TPSA) is 48.0 Å². The number of rotatable bonds is 2. The first-order valence-electron chi connectivity index (χ1n) is 8.93. The smallest absolute Gasteiger partial charge is 0.258 e. The number of carbonyl (C=O) groups is 1. The lowest BCUT2D eigenvalue weighted by molar-refractivity contribution is -0.0847. The molecule has 1 atom stereocenters. The third-order valence-electron chi connectivity index (χ3n) is 4.93. The molecule has 2 aromatic carbocycles. The molecule has 5 nitrogen and oxygen atoms in total. The van der Waals surface area contributed by atoms with Gasteiger partial charge in [-0.05, 0) is 31.5 Å². The van der Waals surface area contributed by atoms with Crippen LogP contribution in [-0.2, 0) is 4.74 Å². The van der Waals surface area contributed by atoms with Gasteiger partial charge in [-0.25, -0.2) is 0 Å². The quantitative estimate of drug-likeness (QED) is 0.830. The predicted molar refractivity (Wildman–Crippen MR) is 97.7 cm³/mol. The Bertz CT molecular complexity index is 803. The Morgan fingerprint density at radius 2 is 1.81 bits per heavy atom. The van der Waals surface area contributed by atoms with Gasteiger partial charge in [0.05, 0.1) is 24.3 Å². The number of ether oxygens (including phenoxy) is 3. The van der Waals surface area contributed by atoms with Gasteiger partial charge in [0.2, 0.25) is 0 Å². The fraction of sp³-hybridized carbons (Fsp3) is 0.381. The van der Waals surface area contributed by atoms with Gasteiger partial charge in [-0.1, -0.05) is 36.4 Å². The van der Waals surface area contributed by atoms with Gasteiger partial charge in [0.25, 0.3) is 5.91 Å². The number of carbonyl (C=O) groups excluding carboxylic acids is 1. The maximum Gasteiger partial charge on any atom is 0.258 e. The second-order valence-electron chi connectivity index (χ2n) is 7.27. The number of morpholine rings is 1. The van der Waals surface area contributed by atoms with Crippen molar-refractivity contribution in [3.8, 4) is 11.5 Å². The Hall–Kier alpha value is -2.53. The average molecular weight is 353 g/mol. The lowest BCUT2D eigenvalue weighted by Crippen LogP contribution is -2.56. The van der Waals surface area contributed by atoms with Crippen molar-refractivity contribution in [1.29, 1.82) is 0 Å². The first-order valence-corrected chi connectivity index (χ1v) is 8.93. The summed E-state index contributed by atoms with van der Waals surface area (Å²) in [7, 11) is 0. The Kier molecular flexibility index (Phi) is 4.32. The summed E-state index contributed by atoms with van der Waals surface area (Å²) in [4.78, 5) is 15.3. The van der Waals surface area contributed by atoms with E-state index in [-0.39, 0.29) is 12.0 Å². The van der Waals surface area contributed by atoms with Gasteiger partial charge < -0.3 is 19.1 Å². The van der Waals surface area contributed by atoms with E-state index < -0.39 is 5.54 Å². The molecule has 0 saturated carbocycles. The standard InChI is InChI=1S/C21H23NO4/c1-21(2)14-26-18(15-7-4-3-5-8-15)13-22(21)20(23)16-9-6-10-17-19(16)25-12-11-24-17/h3-10,18H,11-14H2,1-2H3. The highest BCUT2D eigenvalue weighted by molar-refractivity contribution is 5.98. The van der Waals surface area contributed by atoms with Crippen molar-refractivity contribution in [2.45, 2.75) is 25.5 Å². The van der Waals surface area contributed by atoms with Crippen molar-refractivity contribution in [2.75, 3.05) is 26.4 Å². The number of amides is 1. The number of fused-ring (bicyclic) bond motifs is 1. The number of hydrogen-bond acceptors (Lipinski definition) is 4. The lowest BCUT2D eigenvalue weighted by Gasteiger charge is -2.45. The first-order chi connectivity index (χ1) is 12.6. The van der Waals surface area contributed by atoms with Crippen molar-refractivity contribution in [3.05, 3.63) is 59.7 Å². The molecule has 2 heterocycles. The van der Waals surface area contributed by atoms with Gasteiger partial charge in [0.1, 0.15) is 19.3 Å². The van der Waals surface area contributed by atoms with Crippen LogP contribution in [-0.4, -0.2) is 42.7 Å². The van der Waals surface area contributed by atoms with Crippen LogP contribution in [0.25, 0.3) is 0 Å². The van der Waals surface area contributed by atoms with Crippen molar-refractivity contribution in [1.82, 2.24) is 4.90 Å². The maximum atomic E-state index is 13.4. The predicted octanol–water partition coefficient (Wildman–Crippen LogP) is 3.45. The third kappa shape index (κ3) is 3.03. The SMILES string of the molecule is CC1(C)COC(c2ccccc2)CN1C(=O)c1cccc2c1OCCO2. The number of nitrogens with zero attached hydrogens (tertiary/aromatic N) is 1. The molecule has 0 spiro atoms. The van der Waals surface area contributed by atoms with Crippen molar-refractivity contribution in [3.63, 3.8) is 0 Å². The Morgan fingerprint density at radius 1 is 1.04 bits per heavy atom. The lowest BCUT2D eigenvalue weighted by atomic mass is 9.96. The van der Waals surface area contributed by atoms with Gasteiger partial charge >= 0.3 is 0 Å². The Morgan fingerprint density at radius 3 is 2.62 bits per heavy atom. The van der Waals surface area contributed by atoms with Crippen molar-refractivity contribution in [2.24, 2.45) is 0 Å². The van der Waals surface area contributed by atoms with Crippen LogP contribution in [0.4, 0.5) is 0 Å². The number of benzene rings is 2. The van der Waals surface area contributed by atoms with Crippen LogP contribution in [0.1, 0.15) is 35.9 Å². The molecular weight excluding hydrogens is 330 g/mol. The molecule has 5 heteroatoms. The molecular formula is C21H23NO4. The van der Waals surface area contributed by atoms with Crippen molar-refractivity contribution < 1.29 is 19.0 Å². The van der Waals surface area contributed by atoms with Gasteiger partial charge in [-0.15, -0.1) is 0 Å². The highest BCUT2D eigenvalue weighted by Gasteiger charge is 2.40. The first kappa shape index (κ1) is 16.9. The summed E-state index contributed by atoms with van der Waals surface area (Å²) in [5.74, 6) is 1.12. The minimum absolute atomic E-state index is 0.0541. The Labute approximate surface area is 153 Å². The minimum atomic E-state index is -0.402. The summed E-state index contributed by atoms with van der Waals surface area (Å²) >= 11 is 0. The average Bonchev–Trinajstić information content (AvgIpc) is 2.67. The van der Waals surface area contributed by atoms with Gasteiger partial charge in [0, 0.05) is 0 Å². The monoisotopic (exact) mass is 353 g/mol. The van der Waals surface area contributed by atoms with E-state index in [0.29, 0.717) is 43.4 Å². The number of para-hydroxylation sites is 1. The van der Waals surface area contributed by atoms with Crippen LogP contribution in [0.5, 0.6) is 11.5 Å². The molecule has 0 N–H and O–H groups in total. The van der Waals surface area contributed by atoms with E-state index in [2.05, 4.69) is 0 Å². The van der Waals surface area contributed by atoms with E-state index in [9.17, 15) is 4.79 Å². The fourth-order valence-electron chi connectivity index (χ4n) is 3.46. The Balaban J connectivity index is 1.65. The summed E-state index contributed by atoms with van der Waals surface area (Å²) < 4.78 is 17.4. The summed E-state index contributed by atoms with van der Waals surface area (Å²) in [5, 5.41) is 0. The fourth-order valence-corrected chi connectivity index (χ4v) is 3.46. The molecule has 1 amide bonds.